The molecular formula is C15H25NO. The van der Waals surface area contributed by atoms with Crippen LogP contribution < -0.4 is 5.32 Å². The molecule has 0 bridgehead atoms. The number of carbonyl (C=O) groups excluding carboxylic acids is 1. The predicted molar refractivity (Wildman–Crippen MR) is 74.8 cm³/mol. The highest BCUT2D eigenvalue weighted by atomic mass is 16.1. The average Bonchev–Trinajstić information content (AvgIpc) is 2.25. The van der Waals surface area contributed by atoms with E-state index in [1.54, 1.807) is 18.2 Å². The van der Waals surface area contributed by atoms with Crippen molar-refractivity contribution in [2.75, 3.05) is 0 Å². The standard InChI is InChI=1S/C15H25NO/c1-6-9-10-12-15(4,5)16-14(17)13(8-3)11-7-2/h7-8,11H,2-3,6,9-10,12H2,1,4-5H3,(H,16,17)/b13-11+. The normalized spacial score (nSPS) is 12.1. The van der Waals surface area contributed by atoms with E-state index >= 15 is 0 Å². The van der Waals surface area contributed by atoms with Gasteiger partial charge in [0.1, 0.15) is 0 Å². The van der Waals surface area contributed by atoms with E-state index in [0.29, 0.717) is 5.57 Å². The van der Waals surface area contributed by atoms with Crippen molar-refractivity contribution in [3.8, 4) is 0 Å². The van der Waals surface area contributed by atoms with Crippen LogP contribution in [0.2, 0.25) is 0 Å². The quantitative estimate of drug-likeness (QED) is 0.387. The van der Waals surface area contributed by atoms with Gasteiger partial charge in [0.15, 0.2) is 0 Å². The van der Waals surface area contributed by atoms with Gasteiger partial charge in [-0.3, -0.25) is 4.79 Å². The smallest absolute Gasteiger partial charge is 0.251 e. The zero-order valence-electron chi connectivity index (χ0n) is 11.4. The van der Waals surface area contributed by atoms with E-state index in [-0.39, 0.29) is 11.4 Å². The van der Waals surface area contributed by atoms with E-state index in [4.69, 9.17) is 0 Å². The molecule has 0 radical (unpaired) electrons. The lowest BCUT2D eigenvalue weighted by molar-refractivity contribution is -0.118. The second kappa shape index (κ2) is 7.88. The molecule has 2 heteroatoms. The Balaban J connectivity index is 4.38. The second-order valence-electron chi connectivity index (χ2n) is 4.86. The maximum Gasteiger partial charge on any atom is 0.251 e. The third-order valence-electron chi connectivity index (χ3n) is 2.64. The molecule has 0 aromatic heterocycles. The number of carbonyl (C=O) groups is 1. The molecule has 0 spiro atoms. The SMILES string of the molecule is C=C/C=C(\C=C)C(=O)NC(C)(C)CCCCC. The zero-order valence-corrected chi connectivity index (χ0v) is 11.4. The van der Waals surface area contributed by atoms with Gasteiger partial charge < -0.3 is 5.32 Å². The summed E-state index contributed by atoms with van der Waals surface area (Å²) >= 11 is 0. The molecule has 0 aliphatic carbocycles. The van der Waals surface area contributed by atoms with Crippen LogP contribution in [0, 0.1) is 0 Å². The fourth-order valence-electron chi connectivity index (χ4n) is 1.62. The Labute approximate surface area is 105 Å². The van der Waals surface area contributed by atoms with Crippen molar-refractivity contribution in [3.63, 3.8) is 0 Å². The number of nitrogens with one attached hydrogen (secondary N) is 1. The van der Waals surface area contributed by atoms with Crippen LogP contribution in [-0.2, 0) is 4.79 Å². The molecule has 0 aromatic carbocycles. The first-order chi connectivity index (χ1) is 7.96. The van der Waals surface area contributed by atoms with Crippen molar-refractivity contribution >= 4 is 5.91 Å². The summed E-state index contributed by atoms with van der Waals surface area (Å²) in [6.07, 6.45) is 9.35. The van der Waals surface area contributed by atoms with E-state index in [0.717, 1.165) is 12.8 Å². The van der Waals surface area contributed by atoms with Crippen LogP contribution >= 0.6 is 0 Å². The fourth-order valence-corrected chi connectivity index (χ4v) is 1.62. The minimum atomic E-state index is -0.171. The first-order valence-corrected chi connectivity index (χ1v) is 6.24. The molecule has 0 aromatic rings. The van der Waals surface area contributed by atoms with Crippen LogP contribution in [0.4, 0.5) is 0 Å². The highest BCUT2D eigenvalue weighted by Gasteiger charge is 2.20. The summed E-state index contributed by atoms with van der Waals surface area (Å²) < 4.78 is 0. The molecule has 0 rings (SSSR count). The molecular weight excluding hydrogens is 210 g/mol. The van der Waals surface area contributed by atoms with Gasteiger partial charge in [0.25, 0.3) is 5.91 Å². The lowest BCUT2D eigenvalue weighted by atomic mass is 9.96. The Kier molecular flexibility index (Phi) is 7.27. The maximum absolute atomic E-state index is 11.9. The number of rotatable bonds is 8. The molecule has 0 aliphatic heterocycles. The molecule has 0 heterocycles. The van der Waals surface area contributed by atoms with Gasteiger partial charge in [0.2, 0.25) is 0 Å². The van der Waals surface area contributed by atoms with Crippen LogP contribution in [0.5, 0.6) is 0 Å². The second-order valence-corrected chi connectivity index (χ2v) is 4.86. The van der Waals surface area contributed by atoms with Gasteiger partial charge in [-0.2, -0.15) is 0 Å². The van der Waals surface area contributed by atoms with Crippen LogP contribution in [0.1, 0.15) is 46.5 Å². The number of unbranched alkanes of at least 4 members (excludes halogenated alkanes) is 2. The van der Waals surface area contributed by atoms with E-state index in [2.05, 4.69) is 39.2 Å². The Bertz CT molecular complexity index is 300. The van der Waals surface area contributed by atoms with Crippen LogP contribution in [0.25, 0.3) is 0 Å². The Hall–Kier alpha value is -1.31. The fraction of sp³-hybridized carbons (Fsp3) is 0.533. The zero-order chi connectivity index (χ0) is 13.3. The molecule has 1 N–H and O–H groups in total. The predicted octanol–water partition coefficient (Wildman–Crippen LogP) is 3.76. The maximum atomic E-state index is 11.9. The highest BCUT2D eigenvalue weighted by Crippen LogP contribution is 2.14. The number of hydrogen-bond acceptors (Lipinski definition) is 1. The van der Waals surface area contributed by atoms with Gasteiger partial charge in [0.05, 0.1) is 0 Å². The Morgan fingerprint density at radius 1 is 1.29 bits per heavy atom. The van der Waals surface area contributed by atoms with E-state index in [1.165, 1.54) is 12.8 Å². The third kappa shape index (κ3) is 6.77. The van der Waals surface area contributed by atoms with E-state index in [9.17, 15) is 4.79 Å². The summed E-state index contributed by atoms with van der Waals surface area (Å²) in [5.74, 6) is -0.0820. The van der Waals surface area contributed by atoms with Crippen molar-refractivity contribution < 1.29 is 4.79 Å². The van der Waals surface area contributed by atoms with Crippen LogP contribution in [-0.4, -0.2) is 11.4 Å². The lowest BCUT2D eigenvalue weighted by Crippen LogP contribution is -2.43. The molecule has 0 saturated heterocycles. The van der Waals surface area contributed by atoms with E-state index in [1.807, 2.05) is 0 Å². The average molecular weight is 235 g/mol. The molecule has 0 atom stereocenters. The van der Waals surface area contributed by atoms with E-state index < -0.39 is 0 Å². The molecule has 2 nitrogen and oxygen atoms in total. The molecule has 1 amide bonds. The Morgan fingerprint density at radius 3 is 2.41 bits per heavy atom. The summed E-state index contributed by atoms with van der Waals surface area (Å²) in [6, 6.07) is 0. The first-order valence-electron chi connectivity index (χ1n) is 6.24. The summed E-state index contributed by atoms with van der Waals surface area (Å²) in [6.45, 7) is 13.5. The number of amides is 1. The summed E-state index contributed by atoms with van der Waals surface area (Å²) in [5, 5.41) is 3.02. The largest absolute Gasteiger partial charge is 0.347 e. The van der Waals surface area contributed by atoms with Crippen molar-refractivity contribution in [1.82, 2.24) is 5.32 Å². The van der Waals surface area contributed by atoms with Gasteiger partial charge >= 0.3 is 0 Å². The van der Waals surface area contributed by atoms with Gasteiger partial charge in [-0.25, -0.2) is 0 Å². The van der Waals surface area contributed by atoms with Gasteiger partial charge in [0, 0.05) is 11.1 Å². The molecule has 0 fully saturated rings. The number of allylic oxidation sites excluding steroid dienone is 2. The lowest BCUT2D eigenvalue weighted by Gasteiger charge is -2.26. The summed E-state index contributed by atoms with van der Waals surface area (Å²) in [7, 11) is 0. The van der Waals surface area contributed by atoms with Crippen LogP contribution in [0.15, 0.2) is 37.0 Å². The van der Waals surface area contributed by atoms with Gasteiger partial charge in [-0.05, 0) is 20.3 Å². The minimum Gasteiger partial charge on any atom is -0.347 e. The van der Waals surface area contributed by atoms with Crippen molar-refractivity contribution in [3.05, 3.63) is 37.0 Å². The number of hydrogen-bond donors (Lipinski definition) is 1. The minimum absolute atomic E-state index is 0.0820. The van der Waals surface area contributed by atoms with Crippen molar-refractivity contribution in [2.45, 2.75) is 52.0 Å². The van der Waals surface area contributed by atoms with Gasteiger partial charge in [-0.15, -0.1) is 0 Å². The molecule has 0 unspecified atom stereocenters. The van der Waals surface area contributed by atoms with Crippen molar-refractivity contribution in [1.29, 1.82) is 0 Å². The molecule has 17 heavy (non-hydrogen) atoms. The van der Waals surface area contributed by atoms with Gasteiger partial charge in [-0.1, -0.05) is 57.6 Å². The Morgan fingerprint density at radius 2 is 1.94 bits per heavy atom. The van der Waals surface area contributed by atoms with Crippen LogP contribution in [0.3, 0.4) is 0 Å². The van der Waals surface area contributed by atoms with Crippen molar-refractivity contribution in [2.24, 2.45) is 0 Å². The monoisotopic (exact) mass is 235 g/mol. The third-order valence-corrected chi connectivity index (χ3v) is 2.64. The molecule has 96 valence electrons. The molecule has 0 saturated carbocycles. The first kappa shape index (κ1) is 15.7. The topological polar surface area (TPSA) is 29.1 Å². The molecule has 0 aliphatic rings. The summed E-state index contributed by atoms with van der Waals surface area (Å²) in [4.78, 5) is 11.9. The highest BCUT2D eigenvalue weighted by molar-refractivity contribution is 5.96. The summed E-state index contributed by atoms with van der Waals surface area (Å²) in [5.41, 5.74) is 0.388.